The zero-order valence-electron chi connectivity index (χ0n) is 45.7. The lowest BCUT2D eigenvalue weighted by Crippen LogP contribution is -2.66. The van der Waals surface area contributed by atoms with Gasteiger partial charge in [0.05, 0.1) is 36.9 Å². The molecule has 3 fully saturated rings. The number of carbonyl (C=O) groups is 5. The summed E-state index contributed by atoms with van der Waals surface area (Å²) in [6, 6.07) is 11.1. The molecule has 16 atom stereocenters. The molecule has 1 aromatic carbocycles. The van der Waals surface area contributed by atoms with Crippen molar-refractivity contribution in [3.05, 3.63) is 60.4 Å². The molecule has 3 aliphatic rings. The molecule has 19 nitrogen and oxygen atoms in total. The lowest BCUT2D eigenvalue weighted by molar-refractivity contribution is -0.344. The Balaban J connectivity index is 1.45. The predicted octanol–water partition coefficient (Wildman–Crippen LogP) is 5.69. The van der Waals surface area contributed by atoms with Crippen LogP contribution >= 0.6 is 0 Å². The van der Waals surface area contributed by atoms with Gasteiger partial charge in [-0.25, -0.2) is 0 Å². The molecule has 5 unspecified atom stereocenters. The maximum absolute atomic E-state index is 14.2. The number of hydrogen-bond acceptors (Lipinski definition) is 19. The SMILES string of the molecule is CCC(=O)O[C@@H]1CC(=O)O[C@@H](C/C=C/c2cncc(-c3ccccc3)c2)CCCN(C)C[C@H](O)[C@H](C)C[C@H](CC=O)[C@H](O[C@@H]2OC(C)[C@H](O[C@H]3CC(C)(OC(C)=O)[C@@H](OC(=O)CC)C(C)O3)C(N(C)C)C2O)[C@H]1OC. The van der Waals surface area contributed by atoms with Crippen molar-refractivity contribution in [2.75, 3.05) is 41.3 Å². The van der Waals surface area contributed by atoms with Crippen molar-refractivity contribution in [3.63, 3.8) is 0 Å². The second-order valence-corrected chi connectivity index (χ2v) is 20.8. The highest BCUT2D eigenvalue weighted by Gasteiger charge is 2.54. The summed E-state index contributed by atoms with van der Waals surface area (Å²) >= 11 is 0. The predicted molar refractivity (Wildman–Crippen MR) is 276 cm³/mol. The van der Waals surface area contributed by atoms with Gasteiger partial charge in [0, 0.05) is 70.6 Å². The molecule has 0 amide bonds. The number of ether oxygens (including phenoxy) is 9. The molecule has 0 saturated carbocycles. The van der Waals surface area contributed by atoms with E-state index in [-0.39, 0.29) is 32.1 Å². The number of esters is 4. The molecule has 0 aliphatic carbocycles. The topological polar surface area (TPSA) is 228 Å². The molecule has 2 aromatic rings. The van der Waals surface area contributed by atoms with Crippen LogP contribution in [0.1, 0.15) is 112 Å². The second-order valence-electron chi connectivity index (χ2n) is 20.8. The van der Waals surface area contributed by atoms with Crippen LogP contribution in [0.15, 0.2) is 54.9 Å². The standard InChI is InChI=1S/C56H83N3O16/c1-12-45(63)71-44-29-47(65)70-42(22-17-19-38-28-41(32-57-31-38)39-20-15-14-16-21-39)23-18-25-59(10)33-43(62)34(3)27-40(24-26-60)52(53(44)67-11)74-55-50(66)49(58(8)9)51(35(4)69-55)73-48-30-56(7,75-37(6)61)54(36(5)68-48)72-46(64)13-2/h14-17,19-21,26,28,31-32,34-36,40,42-44,48-55,62,66H,12-13,18,22-25,27,29-30,33H2,1-11H3/b19-17+/t34-,35?,36?,40+,42+,43+,44-,48+,49?,50?,51+,52+,53+,54+,55+,56?/m1/s1. The number of rotatable bonds is 17. The van der Waals surface area contributed by atoms with Gasteiger partial charge in [-0.15, -0.1) is 0 Å². The fraction of sp³-hybridized carbons (Fsp3) is 0.679. The molecular formula is C56H83N3O16. The van der Waals surface area contributed by atoms with Gasteiger partial charge in [0.1, 0.15) is 36.8 Å². The Labute approximate surface area is 442 Å². The number of carbonyl (C=O) groups excluding carboxylic acids is 5. The van der Waals surface area contributed by atoms with E-state index in [1.807, 2.05) is 67.4 Å². The van der Waals surface area contributed by atoms with Gasteiger partial charge in [-0.1, -0.05) is 63.3 Å². The lowest BCUT2D eigenvalue weighted by Gasteiger charge is -2.50. The highest BCUT2D eigenvalue weighted by atomic mass is 16.7. The smallest absolute Gasteiger partial charge is 0.309 e. The van der Waals surface area contributed by atoms with E-state index in [4.69, 9.17) is 42.6 Å². The molecule has 5 rings (SSSR count). The molecule has 0 radical (unpaired) electrons. The van der Waals surface area contributed by atoms with Crippen LogP contribution in [0.3, 0.4) is 0 Å². The van der Waals surface area contributed by atoms with Gasteiger partial charge in [0.15, 0.2) is 24.3 Å². The highest BCUT2D eigenvalue weighted by molar-refractivity contribution is 5.73. The van der Waals surface area contributed by atoms with Gasteiger partial charge < -0.3 is 67.4 Å². The summed E-state index contributed by atoms with van der Waals surface area (Å²) in [5.74, 6) is -3.48. The monoisotopic (exact) mass is 1050 g/mol. The summed E-state index contributed by atoms with van der Waals surface area (Å²) in [6.45, 7) is 12.4. The Kier molecular flexibility index (Phi) is 23.8. The molecular weight excluding hydrogens is 971 g/mol. The maximum atomic E-state index is 14.2. The highest BCUT2D eigenvalue weighted by Crippen LogP contribution is 2.39. The number of methoxy groups -OCH3 is 1. The first-order chi connectivity index (χ1) is 35.7. The number of nitrogens with zero attached hydrogens (tertiary/aromatic N) is 3. The van der Waals surface area contributed by atoms with Gasteiger partial charge in [0.2, 0.25) is 0 Å². The second kappa shape index (κ2) is 29.2. The van der Waals surface area contributed by atoms with Crippen LogP contribution in [0.25, 0.3) is 17.2 Å². The Morgan fingerprint density at radius 2 is 1.64 bits per heavy atom. The number of β-amino-alcohol motifs (C(OH)–C–C–N with tert-alkyl or cyclic N) is 1. The van der Waals surface area contributed by atoms with Crippen LogP contribution in [0.2, 0.25) is 0 Å². The van der Waals surface area contributed by atoms with E-state index in [9.17, 15) is 34.2 Å². The average Bonchev–Trinajstić information content (AvgIpc) is 3.35. The van der Waals surface area contributed by atoms with Crippen LogP contribution < -0.4 is 0 Å². The van der Waals surface area contributed by atoms with E-state index in [1.165, 1.54) is 14.0 Å². The van der Waals surface area contributed by atoms with Gasteiger partial charge in [-0.3, -0.25) is 24.2 Å². The maximum Gasteiger partial charge on any atom is 0.309 e. The van der Waals surface area contributed by atoms with Crippen molar-refractivity contribution in [2.24, 2.45) is 11.8 Å². The van der Waals surface area contributed by atoms with E-state index >= 15 is 0 Å². The van der Waals surface area contributed by atoms with Gasteiger partial charge in [-0.05, 0) is 96.8 Å². The minimum atomic E-state index is -1.45. The average molecular weight is 1050 g/mol. The Morgan fingerprint density at radius 1 is 0.933 bits per heavy atom. The Bertz CT molecular complexity index is 2160. The first-order valence-electron chi connectivity index (χ1n) is 26.4. The summed E-state index contributed by atoms with van der Waals surface area (Å²) in [7, 11) is 6.80. The quantitative estimate of drug-likeness (QED) is 0.110. The molecule has 4 heterocycles. The van der Waals surface area contributed by atoms with Gasteiger partial charge >= 0.3 is 23.9 Å². The lowest BCUT2D eigenvalue weighted by atomic mass is 9.82. The fourth-order valence-electron chi connectivity index (χ4n) is 10.5. The van der Waals surface area contributed by atoms with E-state index in [0.717, 1.165) is 23.0 Å². The van der Waals surface area contributed by atoms with E-state index in [1.54, 1.807) is 66.0 Å². The molecule has 1 aromatic heterocycles. The first-order valence-corrected chi connectivity index (χ1v) is 26.4. The molecule has 2 N–H and O–H groups in total. The zero-order chi connectivity index (χ0) is 55.0. The third-order valence-electron chi connectivity index (χ3n) is 14.4. The van der Waals surface area contributed by atoms with Gasteiger partial charge in [0.25, 0.3) is 0 Å². The van der Waals surface area contributed by atoms with Crippen molar-refractivity contribution < 1.29 is 76.8 Å². The summed E-state index contributed by atoms with van der Waals surface area (Å²) in [5, 5.41) is 24.1. The van der Waals surface area contributed by atoms with Crippen molar-refractivity contribution in [1.29, 1.82) is 0 Å². The first kappa shape index (κ1) is 61.2. The van der Waals surface area contributed by atoms with Gasteiger partial charge in [-0.2, -0.15) is 0 Å². The summed E-state index contributed by atoms with van der Waals surface area (Å²) < 4.78 is 56.2. The summed E-state index contributed by atoms with van der Waals surface area (Å²) in [5.41, 5.74) is 1.52. The van der Waals surface area contributed by atoms with Crippen molar-refractivity contribution in [2.45, 2.75) is 192 Å². The fourth-order valence-corrected chi connectivity index (χ4v) is 10.5. The summed E-state index contributed by atoms with van der Waals surface area (Å²) in [6.07, 6.45) is -3.00. The number of aromatic nitrogens is 1. The largest absolute Gasteiger partial charge is 0.462 e. The zero-order valence-corrected chi connectivity index (χ0v) is 45.7. The van der Waals surface area contributed by atoms with Crippen LogP contribution in [-0.2, 0) is 66.6 Å². The molecule has 19 heteroatoms. The van der Waals surface area contributed by atoms with Crippen molar-refractivity contribution in [1.82, 2.24) is 14.8 Å². The van der Waals surface area contributed by atoms with Crippen LogP contribution in [0.4, 0.5) is 0 Å². The third kappa shape index (κ3) is 17.4. The number of cyclic esters (lactones) is 1. The molecule has 0 spiro atoms. The minimum absolute atomic E-state index is 0.0259. The number of likely N-dealkylation sites (N-methyl/N-ethyl adjacent to an activating group) is 2. The number of aldehydes is 1. The van der Waals surface area contributed by atoms with E-state index in [0.29, 0.717) is 32.4 Å². The molecule has 75 heavy (non-hydrogen) atoms. The molecule has 418 valence electrons. The number of benzene rings is 1. The molecule has 0 bridgehead atoms. The summed E-state index contributed by atoms with van der Waals surface area (Å²) in [4.78, 5) is 73.3. The van der Waals surface area contributed by atoms with Crippen molar-refractivity contribution >= 4 is 36.2 Å². The number of aliphatic hydroxyl groups excluding tert-OH is 2. The Hall–Kier alpha value is -4.70. The number of aliphatic hydroxyl groups is 2. The number of pyridine rings is 1. The van der Waals surface area contributed by atoms with Crippen LogP contribution in [0.5, 0.6) is 0 Å². The van der Waals surface area contributed by atoms with Crippen molar-refractivity contribution in [3.8, 4) is 11.1 Å². The number of hydrogen-bond donors (Lipinski definition) is 2. The normalized spacial score (nSPS) is 33.8. The van der Waals surface area contributed by atoms with E-state index in [2.05, 4.69) is 4.98 Å². The Morgan fingerprint density at radius 3 is 2.29 bits per heavy atom. The van der Waals surface area contributed by atoms with E-state index < -0.39 is 127 Å². The van der Waals surface area contributed by atoms with Crippen LogP contribution in [-0.4, -0.2) is 182 Å². The molecule has 3 saturated heterocycles. The third-order valence-corrected chi connectivity index (χ3v) is 14.4. The minimum Gasteiger partial charge on any atom is -0.462 e. The molecule has 3 aliphatic heterocycles. The van der Waals surface area contributed by atoms with Crippen LogP contribution in [0, 0.1) is 11.8 Å².